The molecule has 0 heterocycles. The quantitative estimate of drug-likeness (QED) is 0.574. The van der Waals surface area contributed by atoms with Gasteiger partial charge in [0.2, 0.25) is 0 Å². The highest BCUT2D eigenvalue weighted by Crippen LogP contribution is 2.17. The predicted molar refractivity (Wildman–Crippen MR) is 107 cm³/mol. The van der Waals surface area contributed by atoms with Crippen LogP contribution >= 0.6 is 11.6 Å². The molecule has 0 saturated carbocycles. The molecule has 6 heteroatoms. The maximum absolute atomic E-state index is 10.3. The van der Waals surface area contributed by atoms with Crippen LogP contribution in [0.4, 0.5) is 0 Å². The van der Waals surface area contributed by atoms with Gasteiger partial charge < -0.3 is 20.1 Å². The Balaban J connectivity index is 2.02. The summed E-state index contributed by atoms with van der Waals surface area (Å²) in [6.07, 6.45) is -0.671. The van der Waals surface area contributed by atoms with E-state index in [-0.39, 0.29) is 6.54 Å². The minimum atomic E-state index is -0.671. The summed E-state index contributed by atoms with van der Waals surface area (Å²) >= 11 is 5.89. The Hall–Kier alpha value is -2.24. The molecule has 0 amide bonds. The summed E-state index contributed by atoms with van der Waals surface area (Å²) in [6.45, 7) is 3.75. The minimum absolute atomic E-state index is 0.275. The van der Waals surface area contributed by atoms with Gasteiger partial charge in [-0.2, -0.15) is 0 Å². The molecule has 0 bridgehead atoms. The number of aliphatic imine (C=N–C) groups is 1. The fourth-order valence-corrected chi connectivity index (χ4v) is 2.64. The van der Waals surface area contributed by atoms with E-state index >= 15 is 0 Å². The molecule has 2 aromatic carbocycles. The number of guanidine groups is 1. The molecule has 0 radical (unpaired) electrons. The highest BCUT2D eigenvalue weighted by atomic mass is 35.5. The highest BCUT2D eigenvalue weighted by Gasteiger charge is 2.10. The average Bonchev–Trinajstić information content (AvgIpc) is 2.66. The van der Waals surface area contributed by atoms with E-state index in [0.29, 0.717) is 11.6 Å². The molecule has 0 aromatic heterocycles. The molecule has 0 aliphatic heterocycles. The maximum atomic E-state index is 10.3. The second-order valence-corrected chi connectivity index (χ2v) is 6.40. The lowest BCUT2D eigenvalue weighted by Crippen LogP contribution is -2.38. The summed E-state index contributed by atoms with van der Waals surface area (Å²) in [5.74, 6) is 1.58. The molecule has 0 aliphatic rings. The van der Waals surface area contributed by atoms with E-state index in [1.807, 2.05) is 55.3 Å². The van der Waals surface area contributed by atoms with Crippen molar-refractivity contribution in [3.8, 4) is 5.75 Å². The second-order valence-electron chi connectivity index (χ2n) is 5.97. The topological polar surface area (TPSA) is 57.1 Å². The van der Waals surface area contributed by atoms with E-state index in [1.54, 1.807) is 19.2 Å². The molecule has 5 nitrogen and oxygen atoms in total. The van der Waals surface area contributed by atoms with Crippen LogP contribution in [0.3, 0.4) is 0 Å². The number of aliphatic hydroxyl groups is 1. The zero-order valence-electron chi connectivity index (χ0n) is 15.4. The van der Waals surface area contributed by atoms with E-state index in [9.17, 15) is 5.11 Å². The first-order chi connectivity index (χ1) is 12.5. The van der Waals surface area contributed by atoms with Crippen molar-refractivity contribution in [1.82, 2.24) is 10.2 Å². The molecule has 26 heavy (non-hydrogen) atoms. The summed E-state index contributed by atoms with van der Waals surface area (Å²) in [5, 5.41) is 14.3. The van der Waals surface area contributed by atoms with E-state index in [4.69, 9.17) is 16.3 Å². The fourth-order valence-electron chi connectivity index (χ4n) is 2.51. The van der Waals surface area contributed by atoms with Crippen LogP contribution < -0.4 is 10.1 Å². The van der Waals surface area contributed by atoms with Crippen LogP contribution in [0.15, 0.2) is 53.5 Å². The van der Waals surface area contributed by atoms with E-state index < -0.39 is 6.10 Å². The van der Waals surface area contributed by atoms with Gasteiger partial charge >= 0.3 is 0 Å². The number of hydrogen-bond acceptors (Lipinski definition) is 3. The fraction of sp³-hybridized carbons (Fsp3) is 0.350. The highest BCUT2D eigenvalue weighted by molar-refractivity contribution is 6.30. The maximum Gasteiger partial charge on any atom is 0.194 e. The number of ether oxygens (including phenoxy) is 1. The molecular weight excluding hydrogens is 350 g/mol. The third kappa shape index (κ3) is 5.93. The number of nitrogens with one attached hydrogen (secondary N) is 1. The molecule has 0 aliphatic carbocycles. The van der Waals surface area contributed by atoms with Gasteiger partial charge in [-0.15, -0.1) is 0 Å². The Morgan fingerprint density at radius 1 is 1.19 bits per heavy atom. The van der Waals surface area contributed by atoms with Gasteiger partial charge in [0, 0.05) is 25.2 Å². The van der Waals surface area contributed by atoms with Gasteiger partial charge in [-0.3, -0.25) is 4.99 Å². The Morgan fingerprint density at radius 2 is 1.85 bits per heavy atom. The third-order valence-electron chi connectivity index (χ3n) is 3.94. The Labute approximate surface area is 160 Å². The molecule has 0 spiro atoms. The van der Waals surface area contributed by atoms with Crippen molar-refractivity contribution >= 4 is 17.6 Å². The molecule has 1 atom stereocenters. The van der Waals surface area contributed by atoms with Crippen molar-refractivity contribution in [2.45, 2.75) is 19.6 Å². The van der Waals surface area contributed by atoms with Crippen molar-refractivity contribution in [2.24, 2.45) is 4.99 Å². The van der Waals surface area contributed by atoms with Crippen molar-refractivity contribution in [3.63, 3.8) is 0 Å². The first-order valence-electron chi connectivity index (χ1n) is 8.59. The minimum Gasteiger partial charge on any atom is -0.497 e. The summed E-state index contributed by atoms with van der Waals surface area (Å²) in [6, 6.07) is 15.1. The summed E-state index contributed by atoms with van der Waals surface area (Å²) in [7, 11) is 3.63. The van der Waals surface area contributed by atoms with Gasteiger partial charge in [-0.25, -0.2) is 0 Å². The van der Waals surface area contributed by atoms with Crippen LogP contribution in [-0.2, 0) is 6.54 Å². The van der Waals surface area contributed by atoms with Crippen LogP contribution in [0.25, 0.3) is 0 Å². The molecule has 2 N–H and O–H groups in total. The SMILES string of the molecule is CCNC(=NCC(O)c1ccc(Cl)cc1)N(C)Cc1ccc(OC)cc1. The predicted octanol–water partition coefficient (Wildman–Crippen LogP) is 3.48. The molecule has 1 unspecified atom stereocenters. The van der Waals surface area contributed by atoms with Crippen molar-refractivity contribution in [2.75, 3.05) is 27.2 Å². The van der Waals surface area contributed by atoms with Gasteiger partial charge in [0.25, 0.3) is 0 Å². The summed E-state index contributed by atoms with van der Waals surface area (Å²) in [5.41, 5.74) is 1.95. The smallest absolute Gasteiger partial charge is 0.194 e. The Bertz CT molecular complexity index is 702. The van der Waals surface area contributed by atoms with Crippen LogP contribution in [0.1, 0.15) is 24.2 Å². The van der Waals surface area contributed by atoms with E-state index in [1.165, 1.54) is 0 Å². The van der Waals surface area contributed by atoms with E-state index in [2.05, 4.69) is 10.3 Å². The van der Waals surface area contributed by atoms with Gasteiger partial charge in [0.05, 0.1) is 19.8 Å². The van der Waals surface area contributed by atoms with E-state index in [0.717, 1.165) is 29.4 Å². The number of benzene rings is 2. The summed E-state index contributed by atoms with van der Waals surface area (Å²) < 4.78 is 5.19. The Kier molecular flexibility index (Phi) is 7.75. The zero-order chi connectivity index (χ0) is 18.9. The summed E-state index contributed by atoms with van der Waals surface area (Å²) in [4.78, 5) is 6.59. The van der Waals surface area contributed by atoms with Crippen LogP contribution in [-0.4, -0.2) is 43.2 Å². The molecule has 2 aromatic rings. The molecule has 0 saturated heterocycles. The lowest BCUT2D eigenvalue weighted by atomic mass is 10.1. The van der Waals surface area contributed by atoms with Gasteiger partial charge in [0.1, 0.15) is 5.75 Å². The zero-order valence-corrected chi connectivity index (χ0v) is 16.2. The second kappa shape index (κ2) is 10.0. The monoisotopic (exact) mass is 375 g/mol. The first-order valence-corrected chi connectivity index (χ1v) is 8.97. The number of aliphatic hydroxyl groups excluding tert-OH is 1. The molecule has 0 fully saturated rings. The number of halogens is 1. The molecule has 2 rings (SSSR count). The van der Waals surface area contributed by atoms with Crippen LogP contribution in [0, 0.1) is 0 Å². The number of nitrogens with zero attached hydrogens (tertiary/aromatic N) is 2. The number of rotatable bonds is 7. The van der Waals surface area contributed by atoms with Crippen molar-refractivity contribution in [1.29, 1.82) is 0 Å². The van der Waals surface area contributed by atoms with Crippen molar-refractivity contribution in [3.05, 3.63) is 64.7 Å². The van der Waals surface area contributed by atoms with Gasteiger partial charge in [-0.1, -0.05) is 35.9 Å². The first kappa shape index (κ1) is 20.1. The number of methoxy groups -OCH3 is 1. The molecule has 140 valence electrons. The van der Waals surface area contributed by atoms with Gasteiger partial charge in [-0.05, 0) is 42.3 Å². The number of hydrogen-bond donors (Lipinski definition) is 2. The van der Waals surface area contributed by atoms with Crippen molar-refractivity contribution < 1.29 is 9.84 Å². The van der Waals surface area contributed by atoms with Gasteiger partial charge in [0.15, 0.2) is 5.96 Å². The largest absolute Gasteiger partial charge is 0.497 e. The van der Waals surface area contributed by atoms with Crippen LogP contribution in [0.2, 0.25) is 5.02 Å². The lowest BCUT2D eigenvalue weighted by Gasteiger charge is -2.23. The molecular formula is C20H26ClN3O2. The average molecular weight is 376 g/mol. The normalized spacial score (nSPS) is 12.6. The standard InChI is InChI=1S/C20H26ClN3O2/c1-4-22-20(23-13-19(25)16-7-9-17(21)10-8-16)24(2)14-15-5-11-18(26-3)12-6-15/h5-12,19,25H,4,13-14H2,1-3H3,(H,22,23). The third-order valence-corrected chi connectivity index (χ3v) is 4.20. The van der Waals surface area contributed by atoms with Crippen LogP contribution in [0.5, 0.6) is 5.75 Å². The lowest BCUT2D eigenvalue weighted by molar-refractivity contribution is 0.186. The Morgan fingerprint density at radius 3 is 2.42 bits per heavy atom.